The lowest BCUT2D eigenvalue weighted by atomic mass is 10.1. The summed E-state index contributed by atoms with van der Waals surface area (Å²) in [6.45, 7) is 2.98. The molecule has 1 fully saturated rings. The number of nitrogens with two attached hydrogens (primary N) is 1. The van der Waals surface area contributed by atoms with Crippen LogP contribution in [0.15, 0.2) is 19.2 Å². The molecule has 28 heavy (non-hydrogen) atoms. The van der Waals surface area contributed by atoms with Crippen LogP contribution in [0.4, 0.5) is 0 Å². The van der Waals surface area contributed by atoms with Crippen molar-refractivity contribution in [3.8, 4) is 0 Å². The summed E-state index contributed by atoms with van der Waals surface area (Å²) in [4.78, 5) is 37.6. The van der Waals surface area contributed by atoms with Crippen molar-refractivity contribution in [3.05, 3.63) is 25.0 Å². The van der Waals surface area contributed by atoms with Crippen molar-refractivity contribution in [2.45, 2.75) is 50.2 Å². The number of rotatable bonds is 10. The molecule has 0 saturated carbocycles. The van der Waals surface area contributed by atoms with Gasteiger partial charge in [-0.3, -0.25) is 14.4 Å². The van der Waals surface area contributed by atoms with Gasteiger partial charge in [-0.2, -0.15) is 0 Å². The van der Waals surface area contributed by atoms with E-state index in [0.717, 1.165) is 17.3 Å². The number of hydrogen-bond acceptors (Lipinski definition) is 10. The highest BCUT2D eigenvalue weighted by Gasteiger charge is 2.45. The van der Waals surface area contributed by atoms with Crippen LogP contribution < -0.4 is 5.73 Å². The minimum Gasteiger partial charge on any atom is -0.463 e. The number of aliphatic hydroxyl groups is 2. The first-order valence-electron chi connectivity index (χ1n) is 8.52. The second-order valence-corrected chi connectivity index (χ2v) is 6.01. The van der Waals surface area contributed by atoms with E-state index in [0.29, 0.717) is 12.8 Å². The van der Waals surface area contributed by atoms with Gasteiger partial charge < -0.3 is 30.2 Å². The molecule has 0 unspecified atom stereocenters. The molecule has 154 valence electrons. The van der Waals surface area contributed by atoms with Gasteiger partial charge in [0.25, 0.3) is 5.91 Å². The molecule has 12 nitrogen and oxygen atoms in total. The summed E-state index contributed by atoms with van der Waals surface area (Å²) in [6.07, 6.45) is -1.56. The molecule has 0 aliphatic carbocycles. The van der Waals surface area contributed by atoms with Gasteiger partial charge in [-0.1, -0.05) is 6.58 Å². The Balaban J connectivity index is 1.76. The maximum absolute atomic E-state index is 11.8. The van der Waals surface area contributed by atoms with E-state index in [2.05, 4.69) is 21.4 Å². The van der Waals surface area contributed by atoms with Crippen LogP contribution in [-0.4, -0.2) is 67.7 Å². The van der Waals surface area contributed by atoms with Gasteiger partial charge in [0.05, 0.1) is 6.26 Å². The van der Waals surface area contributed by atoms with Crippen LogP contribution in [0.2, 0.25) is 0 Å². The monoisotopic (exact) mass is 398 g/mol. The molecule has 1 aromatic rings. The van der Waals surface area contributed by atoms with E-state index >= 15 is 0 Å². The molecule has 12 heteroatoms. The first kappa shape index (κ1) is 21.5. The van der Waals surface area contributed by atoms with Gasteiger partial charge in [0.1, 0.15) is 31.2 Å². The van der Waals surface area contributed by atoms with Crippen LogP contribution in [0, 0.1) is 0 Å². The van der Waals surface area contributed by atoms with E-state index in [-0.39, 0.29) is 25.3 Å². The Morgan fingerprint density at radius 1 is 1.25 bits per heavy atom. The maximum atomic E-state index is 11.8. The third kappa shape index (κ3) is 5.58. The van der Waals surface area contributed by atoms with Gasteiger partial charge in [-0.15, -0.1) is 5.10 Å². The molecule has 0 spiro atoms. The van der Waals surface area contributed by atoms with Gasteiger partial charge in [0.15, 0.2) is 6.23 Å². The molecular formula is C16H22N4O8. The number of primary amides is 1. The van der Waals surface area contributed by atoms with Gasteiger partial charge in [-0.25, -0.2) is 9.67 Å². The van der Waals surface area contributed by atoms with Crippen molar-refractivity contribution < 1.29 is 38.8 Å². The summed E-state index contributed by atoms with van der Waals surface area (Å²) < 4.78 is 16.1. The Morgan fingerprint density at radius 3 is 2.54 bits per heavy atom. The second-order valence-electron chi connectivity index (χ2n) is 6.01. The minimum atomic E-state index is -1.37. The summed E-state index contributed by atoms with van der Waals surface area (Å²) in [5.74, 6) is -2.09. The first-order chi connectivity index (χ1) is 13.3. The zero-order valence-corrected chi connectivity index (χ0v) is 15.0. The highest BCUT2D eigenvalue weighted by atomic mass is 16.6. The molecule has 2 heterocycles. The molecule has 0 bridgehead atoms. The van der Waals surface area contributed by atoms with Gasteiger partial charge in [0.2, 0.25) is 5.82 Å². The highest BCUT2D eigenvalue weighted by Crippen LogP contribution is 2.29. The normalized spacial score (nSPS) is 23.9. The zero-order valence-electron chi connectivity index (χ0n) is 15.0. The number of aromatic nitrogens is 3. The highest BCUT2D eigenvalue weighted by molar-refractivity contribution is 5.88. The summed E-state index contributed by atoms with van der Waals surface area (Å²) in [6, 6.07) is 0. The van der Waals surface area contributed by atoms with E-state index in [1.165, 1.54) is 0 Å². The quantitative estimate of drug-likeness (QED) is 0.246. The SMILES string of the molecule is C=COC(=O)CCCCC(=O)OC[C@H]1O[C@@H](n2cnc(C(N)=O)n2)[C@H](O)[C@@H]1O. The Kier molecular flexibility index (Phi) is 7.61. The number of unbranched alkanes of at least 4 members (excludes halogenated alkanes) is 1. The third-order valence-electron chi connectivity index (χ3n) is 3.96. The van der Waals surface area contributed by atoms with E-state index in [1.807, 2.05) is 0 Å². The Hall–Kier alpha value is -2.83. The first-order valence-corrected chi connectivity index (χ1v) is 8.52. The summed E-state index contributed by atoms with van der Waals surface area (Å²) in [5.41, 5.74) is 5.06. The van der Waals surface area contributed by atoms with Crippen LogP contribution >= 0.6 is 0 Å². The molecule has 1 aliphatic heterocycles. The fourth-order valence-corrected chi connectivity index (χ4v) is 2.53. The van der Waals surface area contributed by atoms with Crippen molar-refractivity contribution in [2.24, 2.45) is 5.73 Å². The number of amides is 1. The maximum Gasteiger partial charge on any atom is 0.310 e. The molecule has 2 rings (SSSR count). The lowest BCUT2D eigenvalue weighted by Crippen LogP contribution is -2.34. The van der Waals surface area contributed by atoms with Crippen molar-refractivity contribution in [2.75, 3.05) is 6.61 Å². The topological polar surface area (TPSA) is 176 Å². The van der Waals surface area contributed by atoms with Crippen LogP contribution in [0.25, 0.3) is 0 Å². The standard InChI is InChI=1S/C16H22N4O8/c1-2-26-10(21)5-3-4-6-11(22)27-7-9-12(23)13(24)16(28-9)20-8-18-15(19-20)14(17)25/h2,8-9,12-13,16,23-24H,1,3-7H2,(H2,17,25)/t9-,12-,13-,16-/m1/s1. The van der Waals surface area contributed by atoms with E-state index < -0.39 is 42.4 Å². The fraction of sp³-hybridized carbons (Fsp3) is 0.562. The molecule has 1 aliphatic rings. The fourth-order valence-electron chi connectivity index (χ4n) is 2.53. The Morgan fingerprint density at radius 2 is 1.93 bits per heavy atom. The molecule has 1 aromatic heterocycles. The lowest BCUT2D eigenvalue weighted by molar-refractivity contribution is -0.150. The average molecular weight is 398 g/mol. The smallest absolute Gasteiger partial charge is 0.310 e. The van der Waals surface area contributed by atoms with Crippen LogP contribution in [0.5, 0.6) is 0 Å². The summed E-state index contributed by atoms with van der Waals surface area (Å²) in [5, 5.41) is 23.9. The number of nitrogens with zero attached hydrogens (tertiary/aromatic N) is 3. The Bertz CT molecular complexity index is 721. The molecule has 1 amide bonds. The van der Waals surface area contributed by atoms with Crippen molar-refractivity contribution in [1.29, 1.82) is 0 Å². The van der Waals surface area contributed by atoms with Gasteiger partial charge in [0, 0.05) is 12.8 Å². The predicted octanol–water partition coefficient (Wildman–Crippen LogP) is -1.21. The third-order valence-corrected chi connectivity index (χ3v) is 3.96. The number of esters is 2. The van der Waals surface area contributed by atoms with Crippen molar-refractivity contribution in [3.63, 3.8) is 0 Å². The van der Waals surface area contributed by atoms with Crippen molar-refractivity contribution in [1.82, 2.24) is 14.8 Å². The van der Waals surface area contributed by atoms with E-state index in [4.69, 9.17) is 15.2 Å². The van der Waals surface area contributed by atoms with Crippen LogP contribution in [-0.2, 0) is 23.8 Å². The molecule has 0 radical (unpaired) electrons. The molecule has 4 N–H and O–H groups in total. The Labute approximate surface area is 159 Å². The largest absolute Gasteiger partial charge is 0.463 e. The summed E-state index contributed by atoms with van der Waals surface area (Å²) >= 11 is 0. The predicted molar refractivity (Wildman–Crippen MR) is 90.2 cm³/mol. The van der Waals surface area contributed by atoms with E-state index in [9.17, 15) is 24.6 Å². The summed E-state index contributed by atoms with van der Waals surface area (Å²) in [7, 11) is 0. The van der Waals surface area contributed by atoms with E-state index in [1.54, 1.807) is 0 Å². The second kappa shape index (κ2) is 9.92. The molecule has 1 saturated heterocycles. The lowest BCUT2D eigenvalue weighted by Gasteiger charge is -2.14. The number of carbonyl (C=O) groups is 3. The van der Waals surface area contributed by atoms with Gasteiger partial charge in [-0.05, 0) is 12.8 Å². The van der Waals surface area contributed by atoms with Crippen molar-refractivity contribution >= 4 is 17.8 Å². The van der Waals surface area contributed by atoms with Crippen LogP contribution in [0.1, 0.15) is 42.5 Å². The van der Waals surface area contributed by atoms with Crippen LogP contribution in [0.3, 0.4) is 0 Å². The number of carbonyl (C=O) groups excluding carboxylic acids is 3. The molecule has 0 aromatic carbocycles. The molecule has 4 atom stereocenters. The number of ether oxygens (including phenoxy) is 3. The average Bonchev–Trinajstić information content (AvgIpc) is 3.24. The number of hydrogen-bond donors (Lipinski definition) is 3. The molecular weight excluding hydrogens is 376 g/mol. The number of aliphatic hydroxyl groups excluding tert-OH is 2. The zero-order chi connectivity index (χ0) is 20.7. The van der Waals surface area contributed by atoms with Gasteiger partial charge >= 0.3 is 11.9 Å². The minimum absolute atomic E-state index is 0.0706.